The third-order valence-electron chi connectivity index (χ3n) is 3.32. The van der Waals surface area contributed by atoms with Gasteiger partial charge in [-0.1, -0.05) is 0 Å². The molecule has 1 saturated heterocycles. The summed E-state index contributed by atoms with van der Waals surface area (Å²) in [4.78, 5) is 4.27. The molecule has 0 radical (unpaired) electrons. The van der Waals surface area contributed by atoms with Crippen molar-refractivity contribution in [3.05, 3.63) is 16.7 Å². The molecule has 21 heavy (non-hydrogen) atoms. The Morgan fingerprint density at radius 2 is 2.33 bits per heavy atom. The Morgan fingerprint density at radius 1 is 1.57 bits per heavy atom. The Balaban J connectivity index is 2.23. The first-order chi connectivity index (χ1) is 9.94. The highest BCUT2D eigenvalue weighted by molar-refractivity contribution is 9.10. The highest BCUT2D eigenvalue weighted by Gasteiger charge is 2.28. The zero-order valence-corrected chi connectivity index (χ0v) is 14.5. The third kappa shape index (κ3) is 4.15. The van der Waals surface area contributed by atoms with Crippen LogP contribution >= 0.6 is 15.9 Å². The van der Waals surface area contributed by atoms with Crippen molar-refractivity contribution in [3.63, 3.8) is 0 Å². The van der Waals surface area contributed by atoms with E-state index in [0.717, 1.165) is 12.8 Å². The molecule has 0 bridgehead atoms. The fourth-order valence-corrected chi connectivity index (χ4v) is 4.22. The number of nitrogens with zero attached hydrogens (tertiary/aromatic N) is 1. The normalized spacial score (nSPS) is 20.4. The van der Waals surface area contributed by atoms with E-state index in [1.807, 2.05) is 13.8 Å². The van der Waals surface area contributed by atoms with E-state index < -0.39 is 10.0 Å². The summed E-state index contributed by atoms with van der Waals surface area (Å²) in [7, 11) is -3.66. The first kappa shape index (κ1) is 16.7. The van der Waals surface area contributed by atoms with E-state index in [-0.39, 0.29) is 17.0 Å². The maximum Gasteiger partial charge on any atom is 0.244 e. The molecule has 0 aromatic carbocycles. The summed E-state index contributed by atoms with van der Waals surface area (Å²) in [5, 5.41) is 2.97. The average molecular weight is 378 g/mol. The van der Waals surface area contributed by atoms with Gasteiger partial charge in [-0.05, 0) is 48.7 Å². The molecule has 2 N–H and O–H groups in total. The number of sulfonamides is 1. The van der Waals surface area contributed by atoms with E-state index in [2.05, 4.69) is 31.0 Å². The number of hydrogen-bond acceptors (Lipinski definition) is 5. The van der Waals surface area contributed by atoms with Crippen LogP contribution in [0.5, 0.6) is 0 Å². The van der Waals surface area contributed by atoms with Gasteiger partial charge in [0.25, 0.3) is 0 Å². The zero-order chi connectivity index (χ0) is 15.5. The van der Waals surface area contributed by atoms with Crippen LogP contribution in [0.2, 0.25) is 0 Å². The maximum atomic E-state index is 12.6. The van der Waals surface area contributed by atoms with Crippen LogP contribution in [0.3, 0.4) is 0 Å². The van der Waals surface area contributed by atoms with Crippen molar-refractivity contribution < 1.29 is 13.2 Å². The molecule has 0 amide bonds. The van der Waals surface area contributed by atoms with Crippen LogP contribution in [0.15, 0.2) is 21.6 Å². The van der Waals surface area contributed by atoms with Gasteiger partial charge in [0.05, 0.1) is 6.10 Å². The van der Waals surface area contributed by atoms with Gasteiger partial charge in [0.15, 0.2) is 0 Å². The molecule has 2 heterocycles. The number of pyridine rings is 1. The van der Waals surface area contributed by atoms with Crippen molar-refractivity contribution in [2.45, 2.75) is 43.7 Å². The van der Waals surface area contributed by atoms with Crippen molar-refractivity contribution in [1.29, 1.82) is 0 Å². The third-order valence-corrected chi connectivity index (χ3v) is 5.32. The fourth-order valence-electron chi connectivity index (χ4n) is 2.31. The second-order valence-electron chi connectivity index (χ2n) is 4.99. The van der Waals surface area contributed by atoms with Crippen molar-refractivity contribution in [2.24, 2.45) is 0 Å². The smallest absolute Gasteiger partial charge is 0.244 e. The maximum absolute atomic E-state index is 12.6. The van der Waals surface area contributed by atoms with E-state index in [1.165, 1.54) is 0 Å². The minimum absolute atomic E-state index is 0.0672. The van der Waals surface area contributed by atoms with Crippen LogP contribution in [0.25, 0.3) is 0 Å². The first-order valence-electron chi connectivity index (χ1n) is 6.97. The largest absolute Gasteiger partial charge is 0.377 e. The molecule has 8 heteroatoms. The predicted molar refractivity (Wildman–Crippen MR) is 84.9 cm³/mol. The predicted octanol–water partition coefficient (Wildman–Crippen LogP) is 2.12. The van der Waals surface area contributed by atoms with Crippen molar-refractivity contribution in [1.82, 2.24) is 9.71 Å². The lowest BCUT2D eigenvalue weighted by molar-refractivity contribution is 0.0902. The molecular weight excluding hydrogens is 358 g/mol. The van der Waals surface area contributed by atoms with Crippen LogP contribution in [0.4, 0.5) is 5.82 Å². The molecule has 0 aliphatic carbocycles. The number of aromatic nitrogens is 1. The molecule has 2 rings (SSSR count). The van der Waals surface area contributed by atoms with E-state index in [0.29, 0.717) is 23.4 Å². The average Bonchev–Trinajstić information content (AvgIpc) is 2.94. The van der Waals surface area contributed by atoms with Gasteiger partial charge in [0.2, 0.25) is 10.0 Å². The van der Waals surface area contributed by atoms with Crippen LogP contribution < -0.4 is 10.0 Å². The molecule has 1 aromatic rings. The Labute approximate surface area is 133 Å². The van der Waals surface area contributed by atoms with Gasteiger partial charge in [-0.15, -0.1) is 0 Å². The number of ether oxygens (including phenoxy) is 1. The lowest BCUT2D eigenvalue weighted by atomic mass is 10.1. The Hall–Kier alpha value is -0.700. The van der Waals surface area contributed by atoms with Gasteiger partial charge >= 0.3 is 0 Å². The monoisotopic (exact) mass is 377 g/mol. The summed E-state index contributed by atoms with van der Waals surface area (Å²) in [5.41, 5.74) is 0. The standard InChI is InChI=1S/C13H20BrN3O3S/c1-3-15-13-12(7-10(14)8-16-13)21(18,19)17-9(2)11-5-4-6-20-11/h7-9,11,17H,3-6H2,1-2H3,(H,15,16). The summed E-state index contributed by atoms with van der Waals surface area (Å²) in [5.74, 6) is 0.354. The summed E-state index contributed by atoms with van der Waals surface area (Å²) < 4.78 is 34.0. The molecule has 0 spiro atoms. The van der Waals surface area contributed by atoms with Crippen LogP contribution in [0, 0.1) is 0 Å². The number of nitrogens with one attached hydrogen (secondary N) is 2. The molecule has 6 nitrogen and oxygen atoms in total. The van der Waals surface area contributed by atoms with Gasteiger partial charge in [-0.25, -0.2) is 18.1 Å². The molecular formula is C13H20BrN3O3S. The summed E-state index contributed by atoms with van der Waals surface area (Å²) in [6.07, 6.45) is 3.35. The molecule has 1 aliphatic heterocycles. The Kier molecular flexibility index (Phi) is 5.59. The molecule has 1 aromatic heterocycles. The van der Waals surface area contributed by atoms with Crippen LogP contribution in [-0.4, -0.2) is 38.7 Å². The summed E-state index contributed by atoms with van der Waals surface area (Å²) >= 11 is 3.27. The second kappa shape index (κ2) is 7.04. The van der Waals surface area contributed by atoms with Gasteiger partial charge in [0.1, 0.15) is 10.7 Å². The number of hydrogen-bond donors (Lipinski definition) is 2. The second-order valence-corrected chi connectivity index (χ2v) is 7.59. The van der Waals surface area contributed by atoms with Gasteiger partial charge in [-0.2, -0.15) is 0 Å². The number of rotatable bonds is 6. The minimum Gasteiger partial charge on any atom is -0.377 e. The lowest BCUT2D eigenvalue weighted by Gasteiger charge is -2.20. The van der Waals surface area contributed by atoms with E-state index in [9.17, 15) is 8.42 Å². The molecule has 118 valence electrons. The van der Waals surface area contributed by atoms with Gasteiger partial charge in [0, 0.05) is 29.9 Å². The summed E-state index contributed by atoms with van der Waals surface area (Å²) in [6.45, 7) is 5.00. The fraction of sp³-hybridized carbons (Fsp3) is 0.615. The molecule has 0 saturated carbocycles. The van der Waals surface area contributed by atoms with Crippen molar-refractivity contribution in [3.8, 4) is 0 Å². The Bertz CT molecular complexity index is 588. The quantitative estimate of drug-likeness (QED) is 0.793. The van der Waals surface area contributed by atoms with Crippen molar-refractivity contribution in [2.75, 3.05) is 18.5 Å². The van der Waals surface area contributed by atoms with Gasteiger partial charge < -0.3 is 10.1 Å². The van der Waals surface area contributed by atoms with E-state index >= 15 is 0 Å². The van der Waals surface area contributed by atoms with E-state index in [1.54, 1.807) is 12.3 Å². The van der Waals surface area contributed by atoms with Gasteiger partial charge in [-0.3, -0.25) is 0 Å². The summed E-state index contributed by atoms with van der Waals surface area (Å²) in [6, 6.07) is 1.28. The molecule has 1 aliphatic rings. The minimum atomic E-state index is -3.66. The topological polar surface area (TPSA) is 80.3 Å². The highest BCUT2D eigenvalue weighted by Crippen LogP contribution is 2.24. The number of anilines is 1. The number of halogens is 1. The zero-order valence-electron chi connectivity index (χ0n) is 12.1. The van der Waals surface area contributed by atoms with Crippen molar-refractivity contribution >= 4 is 31.8 Å². The van der Waals surface area contributed by atoms with E-state index in [4.69, 9.17) is 4.74 Å². The molecule has 2 atom stereocenters. The SMILES string of the molecule is CCNc1ncc(Br)cc1S(=O)(=O)NC(C)C1CCCO1. The highest BCUT2D eigenvalue weighted by atomic mass is 79.9. The lowest BCUT2D eigenvalue weighted by Crippen LogP contribution is -2.41. The Morgan fingerprint density at radius 3 is 2.95 bits per heavy atom. The van der Waals surface area contributed by atoms with Crippen LogP contribution in [-0.2, 0) is 14.8 Å². The molecule has 2 unspecified atom stereocenters. The first-order valence-corrected chi connectivity index (χ1v) is 9.25. The molecule has 1 fully saturated rings. The van der Waals surface area contributed by atoms with Crippen LogP contribution in [0.1, 0.15) is 26.7 Å².